The van der Waals surface area contributed by atoms with Gasteiger partial charge in [-0.1, -0.05) is 30.3 Å². The lowest BCUT2D eigenvalue weighted by Gasteiger charge is -2.11. The van der Waals surface area contributed by atoms with Crippen molar-refractivity contribution in [3.8, 4) is 11.5 Å². The fourth-order valence-corrected chi connectivity index (χ4v) is 2.40. The molecule has 3 N–H and O–H groups in total. The Balaban J connectivity index is 2.29. The number of para-hydroxylation sites is 1. The molecule has 4 nitrogen and oxygen atoms in total. The first-order chi connectivity index (χ1) is 9.65. The lowest BCUT2D eigenvalue weighted by atomic mass is 10.1. The van der Waals surface area contributed by atoms with Gasteiger partial charge in [0.1, 0.15) is 11.5 Å². The molecule has 0 fully saturated rings. The third-order valence-electron chi connectivity index (χ3n) is 2.91. The molecule has 5 heteroatoms. The number of aryl methyl sites for hydroxylation is 1. The molecule has 0 saturated carbocycles. The number of oxime groups is 1. The van der Waals surface area contributed by atoms with Crippen LogP contribution in [0.2, 0.25) is 0 Å². The number of rotatable bonds is 4. The highest BCUT2D eigenvalue weighted by atomic mass is 79.9. The van der Waals surface area contributed by atoms with Crippen molar-refractivity contribution in [2.75, 3.05) is 0 Å². The van der Waals surface area contributed by atoms with Crippen LogP contribution in [-0.2, 0) is 6.42 Å². The second-order valence-corrected chi connectivity index (χ2v) is 5.04. The molecular weight excluding hydrogens is 320 g/mol. The number of benzene rings is 2. The number of ether oxygens (including phenoxy) is 1. The van der Waals surface area contributed by atoms with Gasteiger partial charge in [0.05, 0.1) is 0 Å². The third kappa shape index (κ3) is 3.11. The van der Waals surface area contributed by atoms with Gasteiger partial charge in [-0.15, -0.1) is 0 Å². The van der Waals surface area contributed by atoms with Crippen LogP contribution in [0.1, 0.15) is 18.1 Å². The Morgan fingerprint density at radius 3 is 2.70 bits per heavy atom. The molecule has 0 heterocycles. The highest BCUT2D eigenvalue weighted by Crippen LogP contribution is 2.29. The highest BCUT2D eigenvalue weighted by Gasteiger charge is 2.08. The van der Waals surface area contributed by atoms with Gasteiger partial charge in [0.2, 0.25) is 0 Å². The number of nitrogens with two attached hydrogens (primary N) is 1. The van der Waals surface area contributed by atoms with Gasteiger partial charge in [0.25, 0.3) is 0 Å². The number of amidine groups is 1. The number of hydrogen-bond acceptors (Lipinski definition) is 3. The minimum atomic E-state index is 0.0531. The molecule has 2 aromatic carbocycles. The summed E-state index contributed by atoms with van der Waals surface area (Å²) in [6.45, 7) is 2.08. The van der Waals surface area contributed by atoms with E-state index in [9.17, 15) is 0 Å². The van der Waals surface area contributed by atoms with Gasteiger partial charge < -0.3 is 15.7 Å². The molecule has 2 rings (SSSR count). The average Bonchev–Trinajstić information content (AvgIpc) is 2.47. The number of hydrogen-bond donors (Lipinski definition) is 2. The first-order valence-electron chi connectivity index (χ1n) is 6.19. The molecule has 0 radical (unpaired) electrons. The van der Waals surface area contributed by atoms with E-state index in [0.29, 0.717) is 15.8 Å². The van der Waals surface area contributed by atoms with Crippen LogP contribution in [0.25, 0.3) is 0 Å². The van der Waals surface area contributed by atoms with Crippen molar-refractivity contribution in [1.82, 2.24) is 0 Å². The minimum absolute atomic E-state index is 0.0531. The molecule has 2 aromatic rings. The van der Waals surface area contributed by atoms with E-state index in [-0.39, 0.29) is 5.84 Å². The summed E-state index contributed by atoms with van der Waals surface area (Å²) in [5.74, 6) is 1.57. The monoisotopic (exact) mass is 334 g/mol. The fourth-order valence-electron chi connectivity index (χ4n) is 1.84. The molecule has 0 spiro atoms. The zero-order valence-electron chi connectivity index (χ0n) is 11.0. The van der Waals surface area contributed by atoms with Crippen molar-refractivity contribution in [3.05, 3.63) is 58.1 Å². The second-order valence-electron chi connectivity index (χ2n) is 4.19. The van der Waals surface area contributed by atoms with Crippen molar-refractivity contribution >= 4 is 21.8 Å². The lowest BCUT2D eigenvalue weighted by Crippen LogP contribution is -2.13. The predicted molar refractivity (Wildman–Crippen MR) is 82.5 cm³/mol. The summed E-state index contributed by atoms with van der Waals surface area (Å²) in [7, 11) is 0. The largest absolute Gasteiger partial charge is 0.457 e. The Hall–Kier alpha value is -2.01. The summed E-state index contributed by atoms with van der Waals surface area (Å²) in [6.07, 6.45) is 0.902. The molecule has 0 unspecified atom stereocenters. The molecule has 0 saturated heterocycles. The Kier molecular flexibility index (Phi) is 4.63. The summed E-state index contributed by atoms with van der Waals surface area (Å²) in [5.41, 5.74) is 7.33. The van der Waals surface area contributed by atoms with E-state index in [4.69, 9.17) is 15.7 Å². The van der Waals surface area contributed by atoms with Crippen molar-refractivity contribution < 1.29 is 9.94 Å². The van der Waals surface area contributed by atoms with Crippen molar-refractivity contribution in [2.45, 2.75) is 13.3 Å². The van der Waals surface area contributed by atoms with Gasteiger partial charge in [0.15, 0.2) is 5.84 Å². The fraction of sp³-hybridized carbons (Fsp3) is 0.133. The molecule has 20 heavy (non-hydrogen) atoms. The molecule has 0 aliphatic rings. The van der Waals surface area contributed by atoms with Crippen LogP contribution in [-0.4, -0.2) is 11.0 Å². The van der Waals surface area contributed by atoms with E-state index in [2.05, 4.69) is 28.0 Å². The topological polar surface area (TPSA) is 67.8 Å². The predicted octanol–water partition coefficient (Wildman–Crippen LogP) is 3.90. The van der Waals surface area contributed by atoms with Gasteiger partial charge in [-0.3, -0.25) is 0 Å². The first kappa shape index (κ1) is 14.4. The van der Waals surface area contributed by atoms with Gasteiger partial charge >= 0.3 is 0 Å². The normalized spacial score (nSPS) is 11.4. The molecule has 0 aliphatic heterocycles. The van der Waals surface area contributed by atoms with Crippen molar-refractivity contribution in [3.63, 3.8) is 0 Å². The van der Waals surface area contributed by atoms with E-state index in [1.165, 1.54) is 0 Å². The number of halogens is 1. The molecular formula is C15H15BrN2O2. The zero-order valence-corrected chi connectivity index (χ0v) is 12.6. The van der Waals surface area contributed by atoms with E-state index in [1.807, 2.05) is 24.3 Å². The Bertz CT molecular complexity index is 642. The van der Waals surface area contributed by atoms with E-state index >= 15 is 0 Å². The smallest absolute Gasteiger partial charge is 0.171 e. The molecule has 104 valence electrons. The summed E-state index contributed by atoms with van der Waals surface area (Å²) < 4.78 is 6.58. The van der Waals surface area contributed by atoms with Gasteiger partial charge in [-0.2, -0.15) is 0 Å². The van der Waals surface area contributed by atoms with Crippen molar-refractivity contribution in [2.24, 2.45) is 10.9 Å². The quantitative estimate of drug-likeness (QED) is 0.385. The third-order valence-corrected chi connectivity index (χ3v) is 3.56. The van der Waals surface area contributed by atoms with E-state index in [0.717, 1.165) is 17.7 Å². The molecule has 0 amide bonds. The zero-order chi connectivity index (χ0) is 14.5. The molecule has 0 bridgehead atoms. The van der Waals surface area contributed by atoms with Gasteiger partial charge in [-0.25, -0.2) is 0 Å². The maximum atomic E-state index is 8.70. The Morgan fingerprint density at radius 1 is 1.30 bits per heavy atom. The first-order valence-corrected chi connectivity index (χ1v) is 6.98. The van der Waals surface area contributed by atoms with Crippen LogP contribution in [0.4, 0.5) is 0 Å². The summed E-state index contributed by atoms with van der Waals surface area (Å²) >= 11 is 3.39. The van der Waals surface area contributed by atoms with Crippen LogP contribution in [0.3, 0.4) is 0 Å². The summed E-state index contributed by atoms with van der Waals surface area (Å²) in [6, 6.07) is 13.2. The Morgan fingerprint density at radius 2 is 2.05 bits per heavy atom. The standard InChI is InChI=1S/C15H15BrN2O2/c1-2-10-5-3-4-6-14(10)20-11-7-8-12(13(16)9-11)15(17)18-19/h3-9,19H,2H2,1H3,(H2,17,18). The maximum Gasteiger partial charge on any atom is 0.171 e. The van der Waals surface area contributed by atoms with Crippen LogP contribution in [0.5, 0.6) is 11.5 Å². The van der Waals surface area contributed by atoms with Gasteiger partial charge in [0, 0.05) is 10.0 Å². The van der Waals surface area contributed by atoms with Crippen molar-refractivity contribution in [1.29, 1.82) is 0 Å². The maximum absolute atomic E-state index is 8.70. The Labute approximate surface area is 126 Å². The highest BCUT2D eigenvalue weighted by molar-refractivity contribution is 9.10. The SMILES string of the molecule is CCc1ccccc1Oc1ccc(/C(N)=N/O)c(Br)c1. The van der Waals surface area contributed by atoms with E-state index in [1.54, 1.807) is 18.2 Å². The summed E-state index contributed by atoms with van der Waals surface area (Å²) in [4.78, 5) is 0. The summed E-state index contributed by atoms with van der Waals surface area (Å²) in [5, 5.41) is 11.7. The van der Waals surface area contributed by atoms with Crippen LogP contribution in [0, 0.1) is 0 Å². The minimum Gasteiger partial charge on any atom is -0.457 e. The number of nitrogens with zero attached hydrogens (tertiary/aromatic N) is 1. The van der Waals surface area contributed by atoms with Gasteiger partial charge in [-0.05, 0) is 52.2 Å². The van der Waals surface area contributed by atoms with Crippen LogP contribution >= 0.6 is 15.9 Å². The molecule has 0 aliphatic carbocycles. The van der Waals surface area contributed by atoms with Crippen LogP contribution < -0.4 is 10.5 Å². The average molecular weight is 335 g/mol. The second kappa shape index (κ2) is 6.43. The molecule has 0 atom stereocenters. The van der Waals surface area contributed by atoms with Crippen LogP contribution in [0.15, 0.2) is 52.1 Å². The molecule has 0 aromatic heterocycles. The lowest BCUT2D eigenvalue weighted by molar-refractivity contribution is 0.318. The van der Waals surface area contributed by atoms with E-state index < -0.39 is 0 Å².